The van der Waals surface area contributed by atoms with E-state index in [1.54, 1.807) is 19.3 Å². The van der Waals surface area contributed by atoms with Gasteiger partial charge in [0.2, 0.25) is 0 Å². The van der Waals surface area contributed by atoms with E-state index in [4.69, 9.17) is 9.47 Å². The standard InChI is InChI=1S/C14H18O4/c1-10(2)18-12-7-5-11(9-13(12)16-3)6-8-14(15)17-4/h5-10H,1-4H3/b8-6+. The van der Waals surface area contributed by atoms with Gasteiger partial charge >= 0.3 is 5.97 Å². The van der Waals surface area contributed by atoms with Crippen LogP contribution in [0.4, 0.5) is 0 Å². The van der Waals surface area contributed by atoms with Crippen LogP contribution in [0.25, 0.3) is 6.08 Å². The van der Waals surface area contributed by atoms with Crippen molar-refractivity contribution in [3.05, 3.63) is 29.8 Å². The highest BCUT2D eigenvalue weighted by molar-refractivity contribution is 5.87. The van der Waals surface area contributed by atoms with Gasteiger partial charge in [0, 0.05) is 6.08 Å². The van der Waals surface area contributed by atoms with Crippen LogP contribution in [0.3, 0.4) is 0 Å². The molecular weight excluding hydrogens is 232 g/mol. The maximum absolute atomic E-state index is 11.0. The number of esters is 1. The van der Waals surface area contributed by atoms with Gasteiger partial charge in [-0.05, 0) is 37.6 Å². The molecule has 1 rings (SSSR count). The fourth-order valence-corrected chi connectivity index (χ4v) is 1.37. The van der Waals surface area contributed by atoms with Crippen molar-refractivity contribution in [2.24, 2.45) is 0 Å². The number of ether oxygens (including phenoxy) is 3. The first-order valence-electron chi connectivity index (χ1n) is 5.67. The third kappa shape index (κ3) is 4.13. The summed E-state index contributed by atoms with van der Waals surface area (Å²) in [5, 5.41) is 0. The summed E-state index contributed by atoms with van der Waals surface area (Å²) in [4.78, 5) is 11.0. The molecular formula is C14H18O4. The lowest BCUT2D eigenvalue weighted by atomic mass is 10.2. The predicted molar refractivity (Wildman–Crippen MR) is 69.8 cm³/mol. The Labute approximate surface area is 107 Å². The minimum Gasteiger partial charge on any atom is -0.493 e. The van der Waals surface area contributed by atoms with Gasteiger partial charge in [0.1, 0.15) is 0 Å². The molecule has 18 heavy (non-hydrogen) atoms. The van der Waals surface area contributed by atoms with E-state index in [-0.39, 0.29) is 6.10 Å². The lowest BCUT2D eigenvalue weighted by Gasteiger charge is -2.13. The summed E-state index contributed by atoms with van der Waals surface area (Å²) in [5.74, 6) is 0.926. The number of benzene rings is 1. The number of carbonyl (C=O) groups excluding carboxylic acids is 1. The fourth-order valence-electron chi connectivity index (χ4n) is 1.37. The van der Waals surface area contributed by atoms with Crippen molar-refractivity contribution in [1.82, 2.24) is 0 Å². The van der Waals surface area contributed by atoms with Crippen molar-refractivity contribution in [1.29, 1.82) is 0 Å². The minimum absolute atomic E-state index is 0.0790. The van der Waals surface area contributed by atoms with Gasteiger partial charge in [-0.3, -0.25) is 0 Å². The molecule has 0 aliphatic heterocycles. The summed E-state index contributed by atoms with van der Waals surface area (Å²) in [6, 6.07) is 5.46. The van der Waals surface area contributed by atoms with Crippen molar-refractivity contribution in [2.75, 3.05) is 14.2 Å². The molecule has 98 valence electrons. The highest BCUT2D eigenvalue weighted by Gasteiger charge is 2.06. The largest absolute Gasteiger partial charge is 0.493 e. The van der Waals surface area contributed by atoms with Crippen molar-refractivity contribution in [3.63, 3.8) is 0 Å². The molecule has 4 heteroatoms. The normalized spacial score (nSPS) is 10.7. The lowest BCUT2D eigenvalue weighted by molar-refractivity contribution is -0.134. The van der Waals surface area contributed by atoms with Crippen LogP contribution in [0.1, 0.15) is 19.4 Å². The Morgan fingerprint density at radius 1 is 1.22 bits per heavy atom. The fraction of sp³-hybridized carbons (Fsp3) is 0.357. The van der Waals surface area contributed by atoms with Crippen molar-refractivity contribution >= 4 is 12.0 Å². The maximum Gasteiger partial charge on any atom is 0.330 e. The first kappa shape index (κ1) is 14.1. The van der Waals surface area contributed by atoms with Crippen LogP contribution >= 0.6 is 0 Å². The highest BCUT2D eigenvalue weighted by atomic mass is 16.5. The SMILES string of the molecule is COC(=O)/C=C/c1ccc(OC(C)C)c(OC)c1. The first-order chi connectivity index (χ1) is 8.56. The molecule has 0 aliphatic rings. The molecule has 1 aromatic rings. The molecule has 0 fully saturated rings. The maximum atomic E-state index is 11.0. The van der Waals surface area contributed by atoms with Gasteiger partial charge in [-0.2, -0.15) is 0 Å². The molecule has 0 aliphatic carbocycles. The molecule has 0 N–H and O–H groups in total. The third-order valence-electron chi connectivity index (χ3n) is 2.16. The summed E-state index contributed by atoms with van der Waals surface area (Å²) in [6.07, 6.45) is 3.10. The summed E-state index contributed by atoms with van der Waals surface area (Å²) in [5.41, 5.74) is 0.841. The van der Waals surface area contributed by atoms with Gasteiger partial charge in [0.15, 0.2) is 11.5 Å². The molecule has 0 saturated heterocycles. The van der Waals surface area contributed by atoms with E-state index < -0.39 is 5.97 Å². The van der Waals surface area contributed by atoms with Crippen LogP contribution in [0.5, 0.6) is 11.5 Å². The summed E-state index contributed by atoms with van der Waals surface area (Å²) in [6.45, 7) is 3.90. The van der Waals surface area contributed by atoms with Crippen LogP contribution in [-0.2, 0) is 9.53 Å². The zero-order chi connectivity index (χ0) is 13.5. The van der Waals surface area contributed by atoms with E-state index in [1.807, 2.05) is 26.0 Å². The molecule has 0 radical (unpaired) electrons. The monoisotopic (exact) mass is 250 g/mol. The Hall–Kier alpha value is -1.97. The van der Waals surface area contributed by atoms with Gasteiger partial charge in [-0.15, -0.1) is 0 Å². The van der Waals surface area contributed by atoms with E-state index in [0.717, 1.165) is 5.56 Å². The van der Waals surface area contributed by atoms with Crippen molar-refractivity contribution < 1.29 is 19.0 Å². The van der Waals surface area contributed by atoms with E-state index in [0.29, 0.717) is 11.5 Å². The van der Waals surface area contributed by atoms with E-state index in [1.165, 1.54) is 13.2 Å². The number of carbonyl (C=O) groups is 1. The average Bonchev–Trinajstić information content (AvgIpc) is 2.36. The second-order valence-electron chi connectivity index (χ2n) is 3.93. The highest BCUT2D eigenvalue weighted by Crippen LogP contribution is 2.29. The predicted octanol–water partition coefficient (Wildman–Crippen LogP) is 2.67. The Bertz CT molecular complexity index is 435. The first-order valence-corrected chi connectivity index (χ1v) is 5.67. The van der Waals surface area contributed by atoms with Gasteiger partial charge in [0.05, 0.1) is 20.3 Å². The number of hydrogen-bond donors (Lipinski definition) is 0. The topological polar surface area (TPSA) is 44.8 Å². The van der Waals surface area contributed by atoms with E-state index in [9.17, 15) is 4.79 Å². The molecule has 0 saturated carbocycles. The van der Waals surface area contributed by atoms with Crippen LogP contribution < -0.4 is 9.47 Å². The number of rotatable bonds is 5. The van der Waals surface area contributed by atoms with Crippen LogP contribution in [0, 0.1) is 0 Å². The molecule has 0 aromatic heterocycles. The zero-order valence-electron chi connectivity index (χ0n) is 11.1. The van der Waals surface area contributed by atoms with Crippen LogP contribution in [-0.4, -0.2) is 26.3 Å². The Morgan fingerprint density at radius 2 is 1.94 bits per heavy atom. The molecule has 0 amide bonds. The Balaban J connectivity index is 2.91. The van der Waals surface area contributed by atoms with Crippen LogP contribution in [0.15, 0.2) is 24.3 Å². The van der Waals surface area contributed by atoms with Crippen LogP contribution in [0.2, 0.25) is 0 Å². The van der Waals surface area contributed by atoms with Gasteiger partial charge in [0.25, 0.3) is 0 Å². The summed E-state index contributed by atoms with van der Waals surface area (Å²) >= 11 is 0. The van der Waals surface area contributed by atoms with Crippen molar-refractivity contribution in [3.8, 4) is 11.5 Å². The Morgan fingerprint density at radius 3 is 2.50 bits per heavy atom. The van der Waals surface area contributed by atoms with E-state index >= 15 is 0 Å². The van der Waals surface area contributed by atoms with E-state index in [2.05, 4.69) is 4.74 Å². The number of hydrogen-bond acceptors (Lipinski definition) is 4. The molecule has 0 heterocycles. The van der Waals surface area contributed by atoms with Gasteiger partial charge in [-0.25, -0.2) is 4.79 Å². The summed E-state index contributed by atoms with van der Waals surface area (Å²) < 4.78 is 15.4. The molecule has 0 spiro atoms. The molecule has 4 nitrogen and oxygen atoms in total. The van der Waals surface area contributed by atoms with Crippen molar-refractivity contribution in [2.45, 2.75) is 20.0 Å². The quantitative estimate of drug-likeness (QED) is 0.595. The lowest BCUT2D eigenvalue weighted by Crippen LogP contribution is -2.06. The molecule has 0 unspecified atom stereocenters. The zero-order valence-corrected chi connectivity index (χ0v) is 11.1. The Kier molecular flexibility index (Phi) is 5.24. The van der Waals surface area contributed by atoms with Gasteiger partial charge < -0.3 is 14.2 Å². The summed E-state index contributed by atoms with van der Waals surface area (Å²) in [7, 11) is 2.92. The second kappa shape index (κ2) is 6.69. The average molecular weight is 250 g/mol. The molecule has 0 bridgehead atoms. The molecule has 1 aromatic carbocycles. The second-order valence-corrected chi connectivity index (χ2v) is 3.93. The number of methoxy groups -OCH3 is 2. The third-order valence-corrected chi connectivity index (χ3v) is 2.16. The minimum atomic E-state index is -0.392. The smallest absolute Gasteiger partial charge is 0.330 e. The molecule has 0 atom stereocenters. The van der Waals surface area contributed by atoms with Gasteiger partial charge in [-0.1, -0.05) is 6.07 Å².